The molecule has 176 valence electrons. The van der Waals surface area contributed by atoms with Crippen LogP contribution in [0.25, 0.3) is 11.3 Å². The van der Waals surface area contributed by atoms with Gasteiger partial charge in [-0.1, -0.05) is 43.2 Å². The number of anilines is 2. The largest absolute Gasteiger partial charge is 0.424 e. The Labute approximate surface area is 199 Å². The molecule has 0 spiro atoms. The molecule has 3 aromatic rings. The van der Waals surface area contributed by atoms with E-state index >= 15 is 0 Å². The molecule has 1 aromatic heterocycles. The van der Waals surface area contributed by atoms with Crippen LogP contribution in [0.3, 0.4) is 0 Å². The standard InChI is InChI=1S/C27H30FN5O/c28-22-15-19(16-29)12-13-25(22)33-14-6-9-21(18-33)31-23-10-4-5-11-24(23)32-27-30-17-26(34-27)20-7-2-1-3-8-20/h1-3,7-8,12-13,15,17,21,23-24,31H,4-6,9-11,14,18H2,(H,30,32)/t21-,23+,24+/m0/s1. The summed E-state index contributed by atoms with van der Waals surface area (Å²) in [5, 5.41) is 16.4. The van der Waals surface area contributed by atoms with Gasteiger partial charge in [0.05, 0.1) is 23.5 Å². The first-order valence-corrected chi connectivity index (χ1v) is 12.2. The summed E-state index contributed by atoms with van der Waals surface area (Å²) >= 11 is 0. The molecule has 2 N–H and O–H groups in total. The second-order valence-corrected chi connectivity index (χ2v) is 9.27. The first kappa shape index (κ1) is 22.4. The van der Waals surface area contributed by atoms with E-state index in [0.29, 0.717) is 23.3 Å². The number of rotatable bonds is 6. The first-order chi connectivity index (χ1) is 16.7. The lowest BCUT2D eigenvalue weighted by Gasteiger charge is -2.40. The van der Waals surface area contributed by atoms with Gasteiger partial charge in [0.2, 0.25) is 0 Å². The summed E-state index contributed by atoms with van der Waals surface area (Å²) in [5.41, 5.74) is 1.95. The molecular formula is C27H30FN5O. The molecule has 1 aliphatic heterocycles. The molecule has 34 heavy (non-hydrogen) atoms. The maximum Gasteiger partial charge on any atom is 0.295 e. The third-order valence-electron chi connectivity index (χ3n) is 6.93. The zero-order valence-corrected chi connectivity index (χ0v) is 19.2. The molecule has 0 radical (unpaired) electrons. The van der Waals surface area contributed by atoms with E-state index in [1.54, 1.807) is 18.3 Å². The molecule has 1 saturated heterocycles. The lowest BCUT2D eigenvalue weighted by Crippen LogP contribution is -2.55. The quantitative estimate of drug-likeness (QED) is 0.519. The van der Waals surface area contributed by atoms with Crippen LogP contribution in [0.5, 0.6) is 0 Å². The normalized spacial score (nSPS) is 22.8. The minimum Gasteiger partial charge on any atom is -0.424 e. The van der Waals surface area contributed by atoms with Crippen LogP contribution in [0.2, 0.25) is 0 Å². The minimum atomic E-state index is -0.324. The average molecular weight is 460 g/mol. The van der Waals surface area contributed by atoms with Gasteiger partial charge in [0.15, 0.2) is 5.76 Å². The summed E-state index contributed by atoms with van der Waals surface area (Å²) in [6.45, 7) is 1.58. The molecule has 6 nitrogen and oxygen atoms in total. The van der Waals surface area contributed by atoms with Gasteiger partial charge in [0.1, 0.15) is 5.82 Å². The first-order valence-electron chi connectivity index (χ1n) is 12.2. The van der Waals surface area contributed by atoms with E-state index in [9.17, 15) is 4.39 Å². The molecule has 2 heterocycles. The summed E-state index contributed by atoms with van der Waals surface area (Å²) in [6, 6.07) is 18.1. The lowest BCUT2D eigenvalue weighted by atomic mass is 9.89. The number of piperidine rings is 1. The van der Waals surface area contributed by atoms with Crippen LogP contribution < -0.4 is 15.5 Å². The van der Waals surface area contributed by atoms with Gasteiger partial charge in [0.25, 0.3) is 6.01 Å². The topological polar surface area (TPSA) is 77.1 Å². The highest BCUT2D eigenvalue weighted by atomic mass is 19.1. The number of nitrogens with zero attached hydrogens (tertiary/aromatic N) is 3. The number of hydrogen-bond donors (Lipinski definition) is 2. The number of halogens is 1. The predicted octanol–water partition coefficient (Wildman–Crippen LogP) is 5.33. The molecule has 1 aliphatic carbocycles. The molecule has 3 atom stereocenters. The molecule has 0 amide bonds. The Balaban J connectivity index is 1.23. The fourth-order valence-corrected chi connectivity index (χ4v) is 5.21. The van der Waals surface area contributed by atoms with Crippen LogP contribution >= 0.6 is 0 Å². The molecular weight excluding hydrogens is 429 g/mol. The third kappa shape index (κ3) is 5.07. The average Bonchev–Trinajstić information content (AvgIpc) is 3.34. The molecule has 7 heteroatoms. The summed E-state index contributed by atoms with van der Waals surface area (Å²) in [4.78, 5) is 6.57. The summed E-state index contributed by atoms with van der Waals surface area (Å²) < 4.78 is 20.6. The molecule has 2 fully saturated rings. The maximum absolute atomic E-state index is 14.6. The Bertz CT molecular complexity index is 1140. The van der Waals surface area contributed by atoms with Gasteiger partial charge in [0, 0.05) is 36.8 Å². The van der Waals surface area contributed by atoms with Gasteiger partial charge in [-0.3, -0.25) is 0 Å². The van der Waals surface area contributed by atoms with Gasteiger partial charge < -0.3 is 20.0 Å². The number of oxazole rings is 1. The van der Waals surface area contributed by atoms with Crippen molar-refractivity contribution in [1.29, 1.82) is 5.26 Å². The Morgan fingerprint density at radius 1 is 1.03 bits per heavy atom. The zero-order chi connectivity index (χ0) is 23.3. The second-order valence-electron chi connectivity index (χ2n) is 9.27. The number of hydrogen-bond acceptors (Lipinski definition) is 6. The van der Waals surface area contributed by atoms with Gasteiger partial charge in [-0.25, -0.2) is 9.37 Å². The highest BCUT2D eigenvalue weighted by molar-refractivity contribution is 5.57. The molecule has 2 aromatic carbocycles. The summed E-state index contributed by atoms with van der Waals surface area (Å²) in [5.74, 6) is 0.436. The summed E-state index contributed by atoms with van der Waals surface area (Å²) in [7, 11) is 0. The fourth-order valence-electron chi connectivity index (χ4n) is 5.21. The van der Waals surface area contributed by atoms with Gasteiger partial charge in [-0.2, -0.15) is 5.26 Å². The van der Waals surface area contributed by atoms with Crippen molar-refractivity contribution in [2.75, 3.05) is 23.3 Å². The molecule has 0 unspecified atom stereocenters. The van der Waals surface area contributed by atoms with Crippen LogP contribution in [0.1, 0.15) is 44.1 Å². The Kier molecular flexibility index (Phi) is 6.77. The van der Waals surface area contributed by atoms with E-state index < -0.39 is 0 Å². The Morgan fingerprint density at radius 3 is 2.65 bits per heavy atom. The van der Waals surface area contributed by atoms with Crippen molar-refractivity contribution in [1.82, 2.24) is 10.3 Å². The minimum absolute atomic E-state index is 0.234. The van der Waals surface area contributed by atoms with E-state index in [-0.39, 0.29) is 17.9 Å². The second kappa shape index (κ2) is 10.3. The Morgan fingerprint density at radius 2 is 1.85 bits per heavy atom. The van der Waals surface area contributed by atoms with Crippen molar-refractivity contribution < 1.29 is 8.81 Å². The van der Waals surface area contributed by atoms with E-state index in [1.807, 2.05) is 36.4 Å². The predicted molar refractivity (Wildman–Crippen MR) is 131 cm³/mol. The number of benzene rings is 2. The molecule has 5 rings (SSSR count). The summed E-state index contributed by atoms with van der Waals surface area (Å²) in [6.07, 6.45) is 8.35. The SMILES string of the molecule is N#Cc1ccc(N2CCC[C@H](N[C@@H]3CCCC[C@H]3Nc3ncc(-c4ccccc4)o3)C2)c(F)c1. The third-order valence-corrected chi connectivity index (χ3v) is 6.93. The molecule has 2 aliphatic rings. The van der Waals surface area contributed by atoms with Crippen molar-refractivity contribution in [2.24, 2.45) is 0 Å². The van der Waals surface area contributed by atoms with E-state index in [0.717, 1.165) is 50.1 Å². The van der Waals surface area contributed by atoms with Crippen LogP contribution in [-0.2, 0) is 0 Å². The van der Waals surface area contributed by atoms with Crippen LogP contribution in [0, 0.1) is 17.1 Å². The molecule has 0 bridgehead atoms. The van der Waals surface area contributed by atoms with E-state index in [1.165, 1.54) is 18.9 Å². The van der Waals surface area contributed by atoms with Crippen LogP contribution in [0.4, 0.5) is 16.1 Å². The van der Waals surface area contributed by atoms with E-state index in [2.05, 4.69) is 20.5 Å². The fraction of sp³-hybridized carbons (Fsp3) is 0.407. The lowest BCUT2D eigenvalue weighted by molar-refractivity contribution is 0.290. The van der Waals surface area contributed by atoms with Crippen molar-refractivity contribution in [2.45, 2.75) is 56.7 Å². The van der Waals surface area contributed by atoms with Crippen molar-refractivity contribution >= 4 is 11.7 Å². The van der Waals surface area contributed by atoms with Crippen molar-refractivity contribution in [3.8, 4) is 17.4 Å². The highest BCUT2D eigenvalue weighted by Gasteiger charge is 2.30. The molecule has 1 saturated carbocycles. The maximum atomic E-state index is 14.6. The number of nitriles is 1. The zero-order valence-electron chi connectivity index (χ0n) is 19.2. The monoisotopic (exact) mass is 459 g/mol. The van der Waals surface area contributed by atoms with Gasteiger partial charge in [-0.05, 0) is 43.9 Å². The number of nitrogens with one attached hydrogen (secondary N) is 2. The van der Waals surface area contributed by atoms with Crippen molar-refractivity contribution in [3.63, 3.8) is 0 Å². The van der Waals surface area contributed by atoms with Crippen LogP contribution in [-0.4, -0.2) is 36.2 Å². The van der Waals surface area contributed by atoms with Crippen molar-refractivity contribution in [3.05, 3.63) is 66.1 Å². The smallest absolute Gasteiger partial charge is 0.295 e. The van der Waals surface area contributed by atoms with Gasteiger partial charge in [-0.15, -0.1) is 0 Å². The number of aromatic nitrogens is 1. The van der Waals surface area contributed by atoms with Gasteiger partial charge >= 0.3 is 0 Å². The van der Waals surface area contributed by atoms with E-state index in [4.69, 9.17) is 9.68 Å². The Hall–Kier alpha value is -3.37. The highest BCUT2D eigenvalue weighted by Crippen LogP contribution is 2.28. The van der Waals surface area contributed by atoms with Crippen LogP contribution in [0.15, 0.2) is 59.1 Å².